The van der Waals surface area contributed by atoms with Gasteiger partial charge in [0.2, 0.25) is 10.0 Å². The molecule has 1 saturated carbocycles. The number of fused-ring (bicyclic) bond motifs is 4. The summed E-state index contributed by atoms with van der Waals surface area (Å²) in [5, 5.41) is 12.2. The number of sulfonamides is 1. The number of hydrogen-bond donors (Lipinski definition) is 2. The summed E-state index contributed by atoms with van der Waals surface area (Å²) in [5.74, 6) is -1.43. The second-order valence-corrected chi connectivity index (χ2v) is 16.7. The highest BCUT2D eigenvalue weighted by atomic mass is 35.5. The van der Waals surface area contributed by atoms with Gasteiger partial charge in [-0.15, -0.1) is 0 Å². The van der Waals surface area contributed by atoms with Crippen molar-refractivity contribution in [3.63, 3.8) is 0 Å². The zero-order valence-corrected chi connectivity index (χ0v) is 28.7. The van der Waals surface area contributed by atoms with Crippen molar-refractivity contribution >= 4 is 33.2 Å². The van der Waals surface area contributed by atoms with E-state index in [1.54, 1.807) is 44.2 Å². The highest BCUT2D eigenvalue weighted by molar-refractivity contribution is 7.90. The van der Waals surface area contributed by atoms with E-state index in [2.05, 4.69) is 20.7 Å². The van der Waals surface area contributed by atoms with Gasteiger partial charge in [0, 0.05) is 46.8 Å². The monoisotopic (exact) mass is 693 g/mol. The Morgan fingerprint density at radius 3 is 2.73 bits per heavy atom. The fourth-order valence-electron chi connectivity index (χ4n) is 8.26. The molecule has 11 heteroatoms. The number of amides is 1. The number of aryl methyl sites for hydroxylation is 1. The van der Waals surface area contributed by atoms with Gasteiger partial charge in [-0.2, -0.15) is 0 Å². The van der Waals surface area contributed by atoms with E-state index in [9.17, 15) is 18.3 Å². The van der Waals surface area contributed by atoms with Crippen LogP contribution in [0.4, 0.5) is 10.1 Å². The lowest BCUT2D eigenvalue weighted by molar-refractivity contribution is -0.0522. The molecule has 7 rings (SSSR count). The van der Waals surface area contributed by atoms with Gasteiger partial charge in [-0.05, 0) is 105 Å². The van der Waals surface area contributed by atoms with Gasteiger partial charge in [-0.3, -0.25) is 9.78 Å². The van der Waals surface area contributed by atoms with Gasteiger partial charge >= 0.3 is 0 Å². The molecule has 0 radical (unpaired) electrons. The van der Waals surface area contributed by atoms with Crippen molar-refractivity contribution < 1.29 is 27.4 Å². The van der Waals surface area contributed by atoms with Gasteiger partial charge in [0.05, 0.1) is 23.7 Å². The third-order valence-corrected chi connectivity index (χ3v) is 13.5. The number of rotatable bonds is 1. The molecule has 3 aromatic rings. The summed E-state index contributed by atoms with van der Waals surface area (Å²) >= 11 is 6.42. The molecule has 0 saturated heterocycles. The van der Waals surface area contributed by atoms with Crippen LogP contribution in [0.2, 0.25) is 5.02 Å². The lowest BCUT2D eigenvalue weighted by Gasteiger charge is -2.49. The zero-order valence-electron chi connectivity index (χ0n) is 27.2. The van der Waals surface area contributed by atoms with Crippen LogP contribution in [0.1, 0.15) is 73.0 Å². The van der Waals surface area contributed by atoms with Crippen LogP contribution in [0, 0.1) is 23.6 Å². The molecule has 8 nitrogen and oxygen atoms in total. The first kappa shape index (κ1) is 33.0. The largest absolute Gasteiger partial charge is 0.490 e. The van der Waals surface area contributed by atoms with Crippen LogP contribution in [-0.4, -0.2) is 49.4 Å². The molecule has 1 aromatic heterocycles. The first-order chi connectivity index (χ1) is 22.9. The zero-order chi connectivity index (χ0) is 33.8. The van der Waals surface area contributed by atoms with Gasteiger partial charge in [0.1, 0.15) is 17.2 Å². The molecule has 0 unspecified atom stereocenters. The van der Waals surface area contributed by atoms with E-state index in [0.717, 1.165) is 31.9 Å². The maximum atomic E-state index is 15.4. The van der Waals surface area contributed by atoms with E-state index >= 15 is 4.39 Å². The number of halogens is 2. The van der Waals surface area contributed by atoms with Gasteiger partial charge in [0.15, 0.2) is 0 Å². The van der Waals surface area contributed by atoms with Gasteiger partial charge in [0.25, 0.3) is 5.91 Å². The number of carbonyl (C=O) groups is 1. The first-order valence-corrected chi connectivity index (χ1v) is 18.7. The summed E-state index contributed by atoms with van der Waals surface area (Å²) in [5.41, 5.74) is 1.43. The average molecular weight is 694 g/mol. The van der Waals surface area contributed by atoms with E-state index in [4.69, 9.17) is 16.3 Å². The van der Waals surface area contributed by atoms with Crippen LogP contribution >= 0.6 is 11.6 Å². The maximum Gasteiger partial charge on any atom is 0.264 e. The van der Waals surface area contributed by atoms with Crippen molar-refractivity contribution in [2.75, 3.05) is 24.6 Å². The van der Waals surface area contributed by atoms with Gasteiger partial charge in [-0.1, -0.05) is 36.7 Å². The second-order valence-electron chi connectivity index (χ2n) is 14.2. The molecule has 1 spiro atoms. The number of aromatic nitrogens is 1. The van der Waals surface area contributed by atoms with Crippen LogP contribution in [-0.2, 0) is 27.5 Å². The molecule has 2 aliphatic heterocycles. The summed E-state index contributed by atoms with van der Waals surface area (Å²) in [6.45, 7) is 4.86. The van der Waals surface area contributed by atoms with Crippen molar-refractivity contribution in [1.29, 1.82) is 0 Å². The minimum absolute atomic E-state index is 0.0226. The third kappa shape index (κ3) is 5.79. The molecule has 48 heavy (non-hydrogen) atoms. The summed E-state index contributed by atoms with van der Waals surface area (Å²) in [7, 11) is -4.05. The molecule has 2 N–H and O–H groups in total. The Morgan fingerprint density at radius 1 is 1.12 bits per heavy atom. The molecule has 2 aliphatic carbocycles. The summed E-state index contributed by atoms with van der Waals surface area (Å²) in [6, 6.07) is 12.6. The summed E-state index contributed by atoms with van der Waals surface area (Å²) in [4.78, 5) is 19.6. The Kier molecular flexibility index (Phi) is 8.57. The van der Waals surface area contributed by atoms with Crippen LogP contribution in [0.15, 0.2) is 67.0 Å². The number of nitrogens with zero attached hydrogens (tertiary/aromatic N) is 2. The standard InChI is InChI=1S/C37H41ClFN3O5S/c1-23-5-3-15-37(44,31-13-16-40-19-32(31)39)30-10-7-27(30)20-42-21-36(14-4-6-25-17-28(38)9-11-29(25)36)22-47-34-12-8-26(18-33(34)42)35(43)41-48(45,46)24(23)2/h3,8-9,11-13,15-19,23-24,27,30,44H,4-7,10,14,20-22H2,1-2H3,(H,41,43)/b15-3-/t23-,24+,27-,30+,36-,37+/m0/s1. The number of ether oxygens (including phenoxy) is 1. The number of carbonyl (C=O) groups excluding carboxylic acids is 1. The second kappa shape index (κ2) is 12.4. The van der Waals surface area contributed by atoms with E-state index in [0.29, 0.717) is 49.0 Å². The number of benzene rings is 2. The molecular weight excluding hydrogens is 653 g/mol. The fourth-order valence-corrected chi connectivity index (χ4v) is 9.74. The number of aliphatic hydroxyl groups is 1. The van der Waals surface area contributed by atoms with Crippen LogP contribution < -0.4 is 14.4 Å². The lowest BCUT2D eigenvalue weighted by atomic mass is 9.62. The summed E-state index contributed by atoms with van der Waals surface area (Å²) < 4.78 is 51.1. The maximum absolute atomic E-state index is 15.4. The van der Waals surface area contributed by atoms with Crippen molar-refractivity contribution in [2.45, 2.75) is 68.6 Å². The first-order valence-electron chi connectivity index (χ1n) is 16.8. The Bertz CT molecular complexity index is 1890. The number of hydrogen-bond acceptors (Lipinski definition) is 7. The van der Waals surface area contributed by atoms with Crippen molar-refractivity contribution in [3.05, 3.63) is 100 Å². The normalized spacial score (nSPS) is 32.1. The fraction of sp³-hybridized carbons (Fsp3) is 0.459. The predicted octanol–water partition coefficient (Wildman–Crippen LogP) is 6.31. The molecule has 4 aliphatic rings. The lowest BCUT2D eigenvalue weighted by Crippen LogP contribution is -2.51. The minimum atomic E-state index is -4.05. The number of nitrogens with one attached hydrogen (secondary N) is 1. The van der Waals surface area contributed by atoms with E-state index in [1.807, 2.05) is 12.1 Å². The molecule has 3 heterocycles. The van der Waals surface area contributed by atoms with E-state index < -0.39 is 38.5 Å². The van der Waals surface area contributed by atoms with Gasteiger partial charge < -0.3 is 14.7 Å². The molecule has 2 aromatic carbocycles. The topological polar surface area (TPSA) is 109 Å². The molecule has 6 atom stereocenters. The highest BCUT2D eigenvalue weighted by Gasteiger charge is 2.49. The van der Waals surface area contributed by atoms with E-state index in [1.165, 1.54) is 23.4 Å². The Morgan fingerprint density at radius 2 is 1.96 bits per heavy atom. The average Bonchev–Trinajstić information content (AvgIpc) is 3.18. The Hall–Kier alpha value is -3.47. The Labute approximate surface area is 286 Å². The smallest absolute Gasteiger partial charge is 0.264 e. The van der Waals surface area contributed by atoms with Crippen molar-refractivity contribution in [2.24, 2.45) is 17.8 Å². The number of allylic oxidation sites excluding steroid dienone is 1. The van der Waals surface area contributed by atoms with E-state index in [-0.39, 0.29) is 28.4 Å². The number of pyridine rings is 1. The van der Waals surface area contributed by atoms with Crippen LogP contribution in [0.25, 0.3) is 0 Å². The molecule has 2 bridgehead atoms. The quantitative estimate of drug-likeness (QED) is 0.288. The SMILES string of the molecule is C[C@@H]1[C@@H](C)C/C=C\[C@](O)(c2ccncc2F)[C@@H]2CC[C@H]2CN2C[C@@]3(CCCc4cc(Cl)ccc43)COc3ccc(cc32)C(=O)NS1(=O)=O. The van der Waals surface area contributed by atoms with Crippen LogP contribution in [0.3, 0.4) is 0 Å². The Balaban J connectivity index is 1.36. The minimum Gasteiger partial charge on any atom is -0.490 e. The van der Waals surface area contributed by atoms with Crippen molar-refractivity contribution in [3.8, 4) is 5.75 Å². The molecule has 1 amide bonds. The molecule has 1 fully saturated rings. The highest BCUT2D eigenvalue weighted by Crippen LogP contribution is 2.51. The van der Waals surface area contributed by atoms with Crippen LogP contribution in [0.5, 0.6) is 5.75 Å². The third-order valence-electron chi connectivity index (χ3n) is 11.3. The molecular formula is C37H41ClFN3O5S. The molecule has 254 valence electrons. The summed E-state index contributed by atoms with van der Waals surface area (Å²) in [6.07, 6.45) is 10.6. The van der Waals surface area contributed by atoms with Gasteiger partial charge in [-0.25, -0.2) is 17.5 Å². The number of anilines is 1. The predicted molar refractivity (Wildman–Crippen MR) is 183 cm³/mol. The van der Waals surface area contributed by atoms with Crippen molar-refractivity contribution in [1.82, 2.24) is 9.71 Å².